The summed E-state index contributed by atoms with van der Waals surface area (Å²) in [6, 6.07) is 4.00. The average Bonchev–Trinajstić information content (AvgIpc) is 2.58. The predicted molar refractivity (Wildman–Crippen MR) is 63.9 cm³/mol. The summed E-state index contributed by atoms with van der Waals surface area (Å²) in [5.41, 5.74) is 5.53. The fourth-order valence-electron chi connectivity index (χ4n) is 1.12. The Hall–Kier alpha value is -0.0900. The van der Waals surface area contributed by atoms with E-state index < -0.39 is 0 Å². The van der Waals surface area contributed by atoms with Crippen LogP contribution in [0.1, 0.15) is 18.2 Å². The van der Waals surface area contributed by atoms with E-state index in [4.69, 9.17) is 17.3 Å². The molecule has 1 unspecified atom stereocenters. The molecule has 1 rings (SSSR count). The molecule has 3 N–H and O–H groups in total. The molecule has 0 bridgehead atoms. The summed E-state index contributed by atoms with van der Waals surface area (Å²) in [6.07, 6.45) is 1.13. The van der Waals surface area contributed by atoms with Crippen LogP contribution >= 0.6 is 22.9 Å². The number of thiophene rings is 1. The van der Waals surface area contributed by atoms with Crippen LogP contribution in [0, 0.1) is 5.92 Å². The van der Waals surface area contributed by atoms with Gasteiger partial charge in [0.2, 0.25) is 0 Å². The van der Waals surface area contributed by atoms with Crippen LogP contribution in [0.25, 0.3) is 0 Å². The zero-order chi connectivity index (χ0) is 10.4. The minimum atomic E-state index is 0.606. The minimum absolute atomic E-state index is 0.606. The number of hydrogen-bond donors (Lipinski definition) is 2. The van der Waals surface area contributed by atoms with Crippen LogP contribution in [0.4, 0.5) is 0 Å². The number of nitrogens with two attached hydrogens (primary N) is 1. The molecular weight excluding hydrogens is 216 g/mol. The molecule has 1 aromatic heterocycles. The summed E-state index contributed by atoms with van der Waals surface area (Å²) in [5, 5.41) is 3.38. The van der Waals surface area contributed by atoms with E-state index in [0.29, 0.717) is 5.92 Å². The quantitative estimate of drug-likeness (QED) is 0.740. The molecule has 0 aliphatic carbocycles. The first-order valence-corrected chi connectivity index (χ1v) is 6.07. The monoisotopic (exact) mass is 232 g/mol. The highest BCUT2D eigenvalue weighted by Crippen LogP contribution is 2.20. The molecular formula is C10H17ClN2S. The van der Waals surface area contributed by atoms with Crippen molar-refractivity contribution >= 4 is 22.9 Å². The number of nitrogens with one attached hydrogen (secondary N) is 1. The van der Waals surface area contributed by atoms with Crippen molar-refractivity contribution in [3.05, 3.63) is 21.3 Å². The van der Waals surface area contributed by atoms with Gasteiger partial charge in [-0.15, -0.1) is 11.3 Å². The van der Waals surface area contributed by atoms with E-state index in [2.05, 4.69) is 18.3 Å². The first kappa shape index (κ1) is 12.0. The van der Waals surface area contributed by atoms with Crippen molar-refractivity contribution in [1.82, 2.24) is 5.32 Å². The third-order valence-corrected chi connectivity index (χ3v) is 3.38. The summed E-state index contributed by atoms with van der Waals surface area (Å²) in [7, 11) is 0. The van der Waals surface area contributed by atoms with E-state index in [1.54, 1.807) is 11.3 Å². The Labute approximate surface area is 94.5 Å². The first-order valence-electron chi connectivity index (χ1n) is 4.87. The highest BCUT2D eigenvalue weighted by molar-refractivity contribution is 7.16. The van der Waals surface area contributed by atoms with Crippen molar-refractivity contribution in [2.24, 2.45) is 11.7 Å². The fourth-order valence-corrected chi connectivity index (χ4v) is 2.18. The Kier molecular flexibility index (Phi) is 5.48. The molecule has 0 aromatic carbocycles. The van der Waals surface area contributed by atoms with E-state index in [0.717, 1.165) is 30.4 Å². The Morgan fingerprint density at radius 3 is 2.93 bits per heavy atom. The lowest BCUT2D eigenvalue weighted by Gasteiger charge is -2.08. The van der Waals surface area contributed by atoms with Gasteiger partial charge in [0.25, 0.3) is 0 Å². The Balaban J connectivity index is 2.10. The van der Waals surface area contributed by atoms with Crippen molar-refractivity contribution in [2.75, 3.05) is 13.1 Å². The average molecular weight is 233 g/mol. The molecule has 1 aromatic rings. The van der Waals surface area contributed by atoms with Crippen LogP contribution < -0.4 is 11.1 Å². The van der Waals surface area contributed by atoms with Crippen LogP contribution in [0.2, 0.25) is 4.34 Å². The molecule has 4 heteroatoms. The summed E-state index contributed by atoms with van der Waals surface area (Å²) in [5.74, 6) is 0.606. The van der Waals surface area contributed by atoms with Crippen LogP contribution in [0.5, 0.6) is 0 Å². The highest BCUT2D eigenvalue weighted by Gasteiger charge is 1.99. The minimum Gasteiger partial charge on any atom is -0.330 e. The lowest BCUT2D eigenvalue weighted by Crippen LogP contribution is -2.19. The molecule has 14 heavy (non-hydrogen) atoms. The molecule has 80 valence electrons. The maximum absolute atomic E-state index is 5.82. The van der Waals surface area contributed by atoms with Crippen LogP contribution in [0.3, 0.4) is 0 Å². The van der Waals surface area contributed by atoms with Crippen LogP contribution in [-0.2, 0) is 6.54 Å². The first-order chi connectivity index (χ1) is 6.72. The number of hydrogen-bond acceptors (Lipinski definition) is 3. The largest absolute Gasteiger partial charge is 0.330 e. The molecule has 0 saturated carbocycles. The van der Waals surface area contributed by atoms with Gasteiger partial charge in [-0.25, -0.2) is 0 Å². The summed E-state index contributed by atoms with van der Waals surface area (Å²) in [6.45, 7) is 4.87. The second kappa shape index (κ2) is 6.40. The Bertz CT molecular complexity index is 262. The van der Waals surface area contributed by atoms with Crippen molar-refractivity contribution in [3.8, 4) is 0 Å². The van der Waals surface area contributed by atoms with Crippen LogP contribution in [-0.4, -0.2) is 13.1 Å². The lowest BCUT2D eigenvalue weighted by atomic mass is 10.1. The third-order valence-electron chi connectivity index (χ3n) is 2.14. The van der Waals surface area contributed by atoms with Gasteiger partial charge >= 0.3 is 0 Å². The maximum atomic E-state index is 5.82. The van der Waals surface area contributed by atoms with Crippen molar-refractivity contribution in [1.29, 1.82) is 0 Å². The topological polar surface area (TPSA) is 38.0 Å². The second-order valence-electron chi connectivity index (χ2n) is 3.51. The fraction of sp³-hybridized carbons (Fsp3) is 0.600. The lowest BCUT2D eigenvalue weighted by molar-refractivity contribution is 0.510. The molecule has 0 spiro atoms. The zero-order valence-corrected chi connectivity index (χ0v) is 10.00. The maximum Gasteiger partial charge on any atom is 0.0931 e. The summed E-state index contributed by atoms with van der Waals surface area (Å²) in [4.78, 5) is 1.29. The summed E-state index contributed by atoms with van der Waals surface area (Å²) < 4.78 is 0.858. The number of rotatable bonds is 6. The second-order valence-corrected chi connectivity index (χ2v) is 5.31. The van der Waals surface area contributed by atoms with E-state index in [9.17, 15) is 0 Å². The van der Waals surface area contributed by atoms with E-state index in [1.807, 2.05) is 6.07 Å². The van der Waals surface area contributed by atoms with E-state index in [-0.39, 0.29) is 0 Å². The molecule has 1 heterocycles. The van der Waals surface area contributed by atoms with Crippen LogP contribution in [0.15, 0.2) is 12.1 Å². The van der Waals surface area contributed by atoms with Gasteiger partial charge in [0.05, 0.1) is 4.34 Å². The molecule has 2 nitrogen and oxygen atoms in total. The summed E-state index contributed by atoms with van der Waals surface area (Å²) >= 11 is 7.45. The SMILES string of the molecule is CC(CN)CCNCc1ccc(Cl)s1. The van der Waals surface area contributed by atoms with Gasteiger partial charge in [-0.05, 0) is 37.6 Å². The number of halogens is 1. The van der Waals surface area contributed by atoms with Gasteiger partial charge in [0.1, 0.15) is 0 Å². The van der Waals surface area contributed by atoms with E-state index in [1.165, 1.54) is 4.88 Å². The standard InChI is InChI=1S/C10H17ClN2S/c1-8(6-12)4-5-13-7-9-2-3-10(11)14-9/h2-3,8,13H,4-7,12H2,1H3. The molecule has 0 aliphatic heterocycles. The van der Waals surface area contributed by atoms with Crippen molar-refractivity contribution < 1.29 is 0 Å². The van der Waals surface area contributed by atoms with Gasteiger partial charge in [-0.1, -0.05) is 18.5 Å². The molecule has 0 fully saturated rings. The van der Waals surface area contributed by atoms with Gasteiger partial charge in [0, 0.05) is 11.4 Å². The van der Waals surface area contributed by atoms with Gasteiger partial charge in [0.15, 0.2) is 0 Å². The molecule has 0 aliphatic rings. The molecule has 0 saturated heterocycles. The Morgan fingerprint density at radius 2 is 2.36 bits per heavy atom. The smallest absolute Gasteiger partial charge is 0.0931 e. The highest BCUT2D eigenvalue weighted by atomic mass is 35.5. The van der Waals surface area contributed by atoms with Gasteiger partial charge in [-0.3, -0.25) is 0 Å². The van der Waals surface area contributed by atoms with Crippen molar-refractivity contribution in [3.63, 3.8) is 0 Å². The Morgan fingerprint density at radius 1 is 1.57 bits per heavy atom. The molecule has 0 amide bonds. The van der Waals surface area contributed by atoms with Crippen molar-refractivity contribution in [2.45, 2.75) is 19.9 Å². The third kappa shape index (κ3) is 4.42. The zero-order valence-electron chi connectivity index (χ0n) is 8.42. The van der Waals surface area contributed by atoms with E-state index >= 15 is 0 Å². The normalized spacial score (nSPS) is 13.1. The predicted octanol–water partition coefficient (Wildman–Crippen LogP) is 2.48. The van der Waals surface area contributed by atoms with Gasteiger partial charge in [-0.2, -0.15) is 0 Å². The molecule has 1 atom stereocenters. The molecule has 0 radical (unpaired) electrons. The van der Waals surface area contributed by atoms with Gasteiger partial charge < -0.3 is 11.1 Å².